The number of benzene rings is 1. The Morgan fingerprint density at radius 1 is 1.14 bits per heavy atom. The molecule has 0 saturated carbocycles. The molecule has 28 heavy (non-hydrogen) atoms. The van der Waals surface area contributed by atoms with Gasteiger partial charge >= 0.3 is 0 Å². The first-order chi connectivity index (χ1) is 13.7. The average molecular weight is 406 g/mol. The lowest BCUT2D eigenvalue weighted by molar-refractivity contribution is 0.0374. The highest BCUT2D eigenvalue weighted by molar-refractivity contribution is 6.29. The fourth-order valence-corrected chi connectivity index (χ4v) is 3.19. The maximum atomic E-state index is 5.87. The molecule has 0 bridgehead atoms. The summed E-state index contributed by atoms with van der Waals surface area (Å²) in [6.45, 7) is 7.13. The largest absolute Gasteiger partial charge is 0.493 e. The van der Waals surface area contributed by atoms with Crippen LogP contribution in [0.25, 0.3) is 0 Å². The Morgan fingerprint density at radius 3 is 2.71 bits per heavy atom. The topological polar surface area (TPSA) is 55.9 Å². The second kappa shape index (κ2) is 11.2. The molecule has 0 radical (unpaired) electrons. The van der Waals surface area contributed by atoms with Crippen molar-refractivity contribution in [2.24, 2.45) is 0 Å². The van der Waals surface area contributed by atoms with Gasteiger partial charge in [0.2, 0.25) is 0 Å². The molecule has 0 aliphatic carbocycles. The van der Waals surface area contributed by atoms with E-state index in [1.54, 1.807) is 19.4 Å². The smallest absolute Gasteiger partial charge is 0.161 e. The van der Waals surface area contributed by atoms with Crippen LogP contribution in [0.2, 0.25) is 5.15 Å². The van der Waals surface area contributed by atoms with Crippen molar-refractivity contribution in [3.05, 3.63) is 52.8 Å². The van der Waals surface area contributed by atoms with Gasteiger partial charge in [-0.05, 0) is 43.3 Å². The Labute approximate surface area is 171 Å². The van der Waals surface area contributed by atoms with Crippen molar-refractivity contribution in [2.75, 3.05) is 46.5 Å². The summed E-state index contributed by atoms with van der Waals surface area (Å²) in [4.78, 5) is 6.52. The summed E-state index contributed by atoms with van der Waals surface area (Å²) in [6, 6.07) is 9.69. The molecule has 1 aliphatic rings. The number of rotatable bonds is 10. The van der Waals surface area contributed by atoms with Crippen molar-refractivity contribution >= 4 is 11.6 Å². The van der Waals surface area contributed by atoms with Gasteiger partial charge in [0.1, 0.15) is 11.8 Å². The van der Waals surface area contributed by atoms with Crippen LogP contribution in [0.1, 0.15) is 17.5 Å². The molecule has 152 valence electrons. The summed E-state index contributed by atoms with van der Waals surface area (Å²) in [5.74, 6) is 1.45. The van der Waals surface area contributed by atoms with Gasteiger partial charge in [-0.15, -0.1) is 0 Å². The van der Waals surface area contributed by atoms with E-state index in [0.717, 1.165) is 63.7 Å². The van der Waals surface area contributed by atoms with E-state index in [2.05, 4.69) is 21.3 Å². The highest BCUT2D eigenvalue weighted by atomic mass is 35.5. The van der Waals surface area contributed by atoms with Crippen molar-refractivity contribution in [3.8, 4) is 11.5 Å². The third kappa shape index (κ3) is 6.63. The molecule has 3 rings (SSSR count). The van der Waals surface area contributed by atoms with E-state index in [0.29, 0.717) is 17.5 Å². The van der Waals surface area contributed by atoms with E-state index in [4.69, 9.17) is 25.8 Å². The Bertz CT molecular complexity index is 721. The van der Waals surface area contributed by atoms with Crippen molar-refractivity contribution in [1.29, 1.82) is 0 Å². The van der Waals surface area contributed by atoms with Gasteiger partial charge in [-0.1, -0.05) is 23.7 Å². The number of methoxy groups -OCH3 is 1. The minimum Gasteiger partial charge on any atom is -0.493 e. The fourth-order valence-electron chi connectivity index (χ4n) is 3.08. The monoisotopic (exact) mass is 405 g/mol. The first-order valence-corrected chi connectivity index (χ1v) is 10.0. The number of aromatic nitrogens is 1. The first-order valence-electron chi connectivity index (χ1n) is 9.65. The number of halogens is 1. The zero-order valence-electron chi connectivity index (χ0n) is 16.3. The Kier molecular flexibility index (Phi) is 8.36. The Balaban J connectivity index is 1.42. The van der Waals surface area contributed by atoms with Gasteiger partial charge in [-0.3, -0.25) is 4.90 Å². The standard InChI is InChI=1S/C21H28ClN3O3/c1-26-20-13-17(14-23-7-2-8-25-9-11-27-12-10-25)3-5-19(20)28-16-18-4-6-21(22)24-15-18/h3-6,13,15,23H,2,7-12,14,16H2,1H3. The third-order valence-corrected chi connectivity index (χ3v) is 4.90. The van der Waals surface area contributed by atoms with Crippen LogP contribution >= 0.6 is 11.6 Å². The zero-order chi connectivity index (χ0) is 19.6. The molecule has 1 aromatic carbocycles. The number of morpholine rings is 1. The van der Waals surface area contributed by atoms with Crippen LogP contribution < -0.4 is 14.8 Å². The lowest BCUT2D eigenvalue weighted by Crippen LogP contribution is -2.37. The van der Waals surface area contributed by atoms with Crippen LogP contribution in [-0.2, 0) is 17.9 Å². The first kappa shape index (κ1) is 20.9. The lowest BCUT2D eigenvalue weighted by atomic mass is 10.2. The molecule has 2 heterocycles. The highest BCUT2D eigenvalue weighted by Gasteiger charge is 2.09. The summed E-state index contributed by atoms with van der Waals surface area (Å²) in [7, 11) is 1.66. The van der Waals surface area contributed by atoms with Crippen LogP contribution in [0.3, 0.4) is 0 Å². The molecule has 1 aliphatic heterocycles. The molecular weight excluding hydrogens is 378 g/mol. The SMILES string of the molecule is COc1cc(CNCCCN2CCOCC2)ccc1OCc1ccc(Cl)nc1. The van der Waals surface area contributed by atoms with Crippen LogP contribution in [-0.4, -0.2) is 56.4 Å². The van der Waals surface area contributed by atoms with Gasteiger partial charge in [0, 0.05) is 31.4 Å². The molecule has 0 atom stereocenters. The van der Waals surface area contributed by atoms with Gasteiger partial charge in [-0.2, -0.15) is 0 Å². The summed E-state index contributed by atoms with van der Waals surface area (Å²) >= 11 is 5.81. The Hall–Kier alpha value is -1.86. The quantitative estimate of drug-likeness (QED) is 0.484. The van der Waals surface area contributed by atoms with E-state index in [9.17, 15) is 0 Å². The molecule has 1 aromatic heterocycles. The number of nitrogens with one attached hydrogen (secondary N) is 1. The second-order valence-corrected chi connectivity index (χ2v) is 7.13. The van der Waals surface area contributed by atoms with E-state index in [1.807, 2.05) is 18.2 Å². The highest BCUT2D eigenvalue weighted by Crippen LogP contribution is 2.28. The van der Waals surface area contributed by atoms with E-state index >= 15 is 0 Å². The summed E-state index contributed by atoms with van der Waals surface area (Å²) < 4.78 is 16.7. The predicted molar refractivity (Wildman–Crippen MR) is 110 cm³/mol. The van der Waals surface area contributed by atoms with Crippen LogP contribution in [0.4, 0.5) is 0 Å². The molecule has 0 unspecified atom stereocenters. The van der Waals surface area contributed by atoms with Crippen LogP contribution in [0, 0.1) is 0 Å². The number of ether oxygens (including phenoxy) is 3. The minimum absolute atomic E-state index is 0.416. The molecule has 1 saturated heterocycles. The zero-order valence-corrected chi connectivity index (χ0v) is 17.1. The summed E-state index contributed by atoms with van der Waals surface area (Å²) in [5.41, 5.74) is 2.13. The number of pyridine rings is 1. The van der Waals surface area contributed by atoms with Gasteiger partial charge < -0.3 is 19.5 Å². The summed E-state index contributed by atoms with van der Waals surface area (Å²) in [6.07, 6.45) is 2.84. The van der Waals surface area contributed by atoms with E-state index in [-0.39, 0.29) is 0 Å². The van der Waals surface area contributed by atoms with Crippen LogP contribution in [0.15, 0.2) is 36.5 Å². The van der Waals surface area contributed by atoms with E-state index in [1.165, 1.54) is 5.56 Å². The number of nitrogens with zero attached hydrogens (tertiary/aromatic N) is 2. The second-order valence-electron chi connectivity index (χ2n) is 6.75. The van der Waals surface area contributed by atoms with Crippen LogP contribution in [0.5, 0.6) is 11.5 Å². The van der Waals surface area contributed by atoms with Gasteiger partial charge in [0.15, 0.2) is 11.5 Å². The van der Waals surface area contributed by atoms with Gasteiger partial charge in [0.05, 0.1) is 20.3 Å². The van der Waals surface area contributed by atoms with Gasteiger partial charge in [-0.25, -0.2) is 4.98 Å². The normalized spacial score (nSPS) is 14.8. The number of hydrogen-bond acceptors (Lipinski definition) is 6. The molecule has 0 amide bonds. The molecule has 0 spiro atoms. The molecule has 1 N–H and O–H groups in total. The van der Waals surface area contributed by atoms with Crippen molar-refractivity contribution in [1.82, 2.24) is 15.2 Å². The Morgan fingerprint density at radius 2 is 1.96 bits per heavy atom. The fraction of sp³-hybridized carbons (Fsp3) is 0.476. The average Bonchev–Trinajstić information content (AvgIpc) is 2.74. The maximum Gasteiger partial charge on any atom is 0.161 e. The predicted octanol–water partition coefficient (Wildman–Crippen LogP) is 3.13. The van der Waals surface area contributed by atoms with E-state index < -0.39 is 0 Å². The minimum atomic E-state index is 0.416. The third-order valence-electron chi connectivity index (χ3n) is 4.67. The summed E-state index contributed by atoms with van der Waals surface area (Å²) in [5, 5.41) is 3.98. The molecule has 6 nitrogen and oxygen atoms in total. The van der Waals surface area contributed by atoms with Crippen molar-refractivity contribution < 1.29 is 14.2 Å². The molecule has 2 aromatic rings. The van der Waals surface area contributed by atoms with Crippen molar-refractivity contribution in [2.45, 2.75) is 19.6 Å². The number of hydrogen-bond donors (Lipinski definition) is 1. The molecule has 7 heteroatoms. The molecule has 1 fully saturated rings. The van der Waals surface area contributed by atoms with Gasteiger partial charge in [0.25, 0.3) is 0 Å². The lowest BCUT2D eigenvalue weighted by Gasteiger charge is -2.26. The van der Waals surface area contributed by atoms with Crippen molar-refractivity contribution in [3.63, 3.8) is 0 Å². The molecular formula is C21H28ClN3O3. The maximum absolute atomic E-state index is 5.87.